The van der Waals surface area contributed by atoms with Crippen LogP contribution in [-0.4, -0.2) is 42.8 Å². The van der Waals surface area contributed by atoms with Crippen LogP contribution in [0.15, 0.2) is 42.5 Å². The highest BCUT2D eigenvalue weighted by molar-refractivity contribution is 6.42. The van der Waals surface area contributed by atoms with E-state index in [9.17, 15) is 9.90 Å². The number of amides is 1. The van der Waals surface area contributed by atoms with Crippen LogP contribution in [0.5, 0.6) is 0 Å². The fraction of sp³-hybridized carbons (Fsp3) is 0.316. The molecule has 1 amide bonds. The number of hydrogen-bond donors (Lipinski definition) is 1. The molecular weight excluding hydrogens is 359 g/mol. The van der Waals surface area contributed by atoms with Gasteiger partial charge in [0, 0.05) is 18.7 Å². The maximum atomic E-state index is 11.9. The fourth-order valence-electron chi connectivity index (χ4n) is 3.33. The zero-order valence-electron chi connectivity index (χ0n) is 14.0. The van der Waals surface area contributed by atoms with Gasteiger partial charge in [-0.15, -0.1) is 0 Å². The molecule has 0 spiro atoms. The lowest BCUT2D eigenvalue weighted by molar-refractivity contribution is 0.200. The van der Waals surface area contributed by atoms with Crippen molar-refractivity contribution in [1.82, 2.24) is 4.90 Å². The lowest BCUT2D eigenvalue weighted by Gasteiger charge is -2.25. The summed E-state index contributed by atoms with van der Waals surface area (Å²) in [5, 5.41) is 10.7. The van der Waals surface area contributed by atoms with Crippen molar-refractivity contribution in [3.8, 4) is 11.1 Å². The number of benzene rings is 2. The summed E-state index contributed by atoms with van der Waals surface area (Å²) in [4.78, 5) is 15.6. The van der Waals surface area contributed by atoms with E-state index in [2.05, 4.69) is 11.9 Å². The molecule has 1 atom stereocenters. The summed E-state index contributed by atoms with van der Waals surface area (Å²) in [5.41, 5.74) is 2.34. The number of anilines is 1. The third kappa shape index (κ3) is 4.09. The van der Waals surface area contributed by atoms with Crippen molar-refractivity contribution in [2.45, 2.75) is 6.42 Å². The molecule has 25 heavy (non-hydrogen) atoms. The van der Waals surface area contributed by atoms with Crippen LogP contribution in [0.3, 0.4) is 0 Å². The monoisotopic (exact) mass is 378 g/mol. The molecular formula is C19H20Cl2N2O2. The largest absolute Gasteiger partial charge is 0.465 e. The van der Waals surface area contributed by atoms with Crippen molar-refractivity contribution in [2.24, 2.45) is 5.92 Å². The topological polar surface area (TPSA) is 43.8 Å². The third-order valence-corrected chi connectivity index (χ3v) is 5.33. The van der Waals surface area contributed by atoms with Crippen LogP contribution in [0.2, 0.25) is 10.0 Å². The molecule has 1 N–H and O–H groups in total. The van der Waals surface area contributed by atoms with Crippen molar-refractivity contribution >= 4 is 35.0 Å². The van der Waals surface area contributed by atoms with E-state index in [1.807, 2.05) is 30.3 Å². The van der Waals surface area contributed by atoms with Gasteiger partial charge in [0.05, 0.1) is 15.7 Å². The lowest BCUT2D eigenvalue weighted by Crippen LogP contribution is -2.35. The fourth-order valence-corrected chi connectivity index (χ4v) is 3.63. The molecule has 1 saturated heterocycles. The molecule has 3 rings (SSSR count). The smallest absolute Gasteiger partial charge is 0.411 e. The summed E-state index contributed by atoms with van der Waals surface area (Å²) in [7, 11) is 2.06. The Morgan fingerprint density at radius 2 is 2.00 bits per heavy atom. The van der Waals surface area contributed by atoms with Crippen LogP contribution in [0.25, 0.3) is 11.1 Å². The molecule has 2 aromatic carbocycles. The quantitative estimate of drug-likeness (QED) is 0.804. The van der Waals surface area contributed by atoms with Gasteiger partial charge in [-0.05, 0) is 49.7 Å². The van der Waals surface area contributed by atoms with Gasteiger partial charge in [-0.2, -0.15) is 0 Å². The summed E-state index contributed by atoms with van der Waals surface area (Å²) >= 11 is 12.2. The highest BCUT2D eigenvalue weighted by atomic mass is 35.5. The predicted octanol–water partition coefficient (Wildman–Crippen LogP) is 5.10. The molecule has 6 heteroatoms. The van der Waals surface area contributed by atoms with Gasteiger partial charge in [-0.3, -0.25) is 4.90 Å². The van der Waals surface area contributed by atoms with Crippen LogP contribution < -0.4 is 4.90 Å². The van der Waals surface area contributed by atoms with Crippen LogP contribution in [0.4, 0.5) is 10.5 Å². The van der Waals surface area contributed by atoms with Gasteiger partial charge in [0.25, 0.3) is 0 Å². The van der Waals surface area contributed by atoms with E-state index in [1.165, 1.54) is 4.90 Å². The van der Waals surface area contributed by atoms with Gasteiger partial charge >= 0.3 is 6.09 Å². The van der Waals surface area contributed by atoms with Gasteiger partial charge in [0.1, 0.15) is 0 Å². The van der Waals surface area contributed by atoms with Gasteiger partial charge in [0.15, 0.2) is 0 Å². The molecule has 0 unspecified atom stereocenters. The molecule has 0 radical (unpaired) electrons. The molecule has 0 aliphatic carbocycles. The van der Waals surface area contributed by atoms with Gasteiger partial charge < -0.3 is 10.0 Å². The Bertz CT molecular complexity index is 782. The second-order valence-electron chi connectivity index (χ2n) is 6.46. The normalized spacial score (nSPS) is 17.6. The zero-order chi connectivity index (χ0) is 18.0. The van der Waals surface area contributed by atoms with Crippen molar-refractivity contribution in [2.75, 3.05) is 31.6 Å². The van der Waals surface area contributed by atoms with Crippen LogP contribution in [0, 0.1) is 5.92 Å². The highest BCUT2D eigenvalue weighted by Crippen LogP contribution is 2.35. The van der Waals surface area contributed by atoms with Crippen molar-refractivity contribution in [1.29, 1.82) is 0 Å². The van der Waals surface area contributed by atoms with Crippen LogP contribution in [0.1, 0.15) is 6.42 Å². The molecule has 0 bridgehead atoms. The first-order valence-corrected chi connectivity index (χ1v) is 8.94. The molecule has 132 valence electrons. The minimum Gasteiger partial charge on any atom is -0.465 e. The number of carboxylic acid groups (broad SMARTS) is 1. The maximum absolute atomic E-state index is 11.9. The maximum Gasteiger partial charge on any atom is 0.411 e. The van der Waals surface area contributed by atoms with Crippen LogP contribution >= 0.6 is 23.2 Å². The molecule has 1 aliphatic rings. The number of hydrogen-bond acceptors (Lipinski definition) is 2. The Morgan fingerprint density at radius 3 is 2.64 bits per heavy atom. The van der Waals surface area contributed by atoms with E-state index >= 15 is 0 Å². The average molecular weight is 379 g/mol. The number of likely N-dealkylation sites (tertiary alicyclic amines) is 1. The third-order valence-electron chi connectivity index (χ3n) is 4.59. The van der Waals surface area contributed by atoms with E-state index in [0.717, 1.165) is 30.6 Å². The number of rotatable bonds is 4. The number of nitrogens with zero attached hydrogens (tertiary/aromatic N) is 2. The molecule has 1 aliphatic heterocycles. The first-order chi connectivity index (χ1) is 12.0. The van der Waals surface area contributed by atoms with E-state index in [1.54, 1.807) is 12.1 Å². The Labute approximate surface area is 157 Å². The van der Waals surface area contributed by atoms with Crippen molar-refractivity contribution in [3.05, 3.63) is 52.5 Å². The second kappa shape index (κ2) is 7.65. The Hall–Kier alpha value is -1.75. The number of carbonyl (C=O) groups is 1. The first-order valence-electron chi connectivity index (χ1n) is 8.19. The van der Waals surface area contributed by atoms with Gasteiger partial charge in [-0.1, -0.05) is 47.5 Å². The highest BCUT2D eigenvalue weighted by Gasteiger charge is 2.26. The summed E-state index contributed by atoms with van der Waals surface area (Å²) in [5.74, 6) is 0.336. The summed E-state index contributed by atoms with van der Waals surface area (Å²) in [6, 6.07) is 12.9. The van der Waals surface area contributed by atoms with Crippen molar-refractivity contribution < 1.29 is 9.90 Å². The SMILES string of the molecule is CN1CC[C@@H](CN(C(=O)O)c2ccccc2-c2ccc(Cl)c(Cl)c2)C1. The van der Waals surface area contributed by atoms with E-state index in [-0.39, 0.29) is 0 Å². The second-order valence-corrected chi connectivity index (χ2v) is 7.27. The minimum atomic E-state index is -0.943. The molecule has 0 aromatic heterocycles. The Balaban J connectivity index is 1.96. The number of para-hydroxylation sites is 1. The van der Waals surface area contributed by atoms with E-state index < -0.39 is 6.09 Å². The average Bonchev–Trinajstić information content (AvgIpc) is 3.00. The summed E-state index contributed by atoms with van der Waals surface area (Å²) in [6.07, 6.45) is 0.0666. The van der Waals surface area contributed by atoms with Crippen molar-refractivity contribution in [3.63, 3.8) is 0 Å². The Kier molecular flexibility index (Phi) is 5.52. The van der Waals surface area contributed by atoms with Crippen LogP contribution in [-0.2, 0) is 0 Å². The minimum absolute atomic E-state index is 0.336. The molecule has 4 nitrogen and oxygen atoms in total. The van der Waals surface area contributed by atoms with E-state index in [0.29, 0.717) is 28.2 Å². The predicted molar refractivity (Wildman–Crippen MR) is 103 cm³/mol. The molecule has 2 aromatic rings. The first kappa shape index (κ1) is 18.1. The Morgan fingerprint density at radius 1 is 1.24 bits per heavy atom. The zero-order valence-corrected chi connectivity index (χ0v) is 15.5. The molecule has 1 fully saturated rings. The lowest BCUT2D eigenvalue weighted by atomic mass is 10.0. The standard InChI is InChI=1S/C19H20Cl2N2O2/c1-22-9-8-13(11-22)12-23(19(24)25)18-5-3-2-4-15(18)14-6-7-16(20)17(21)10-14/h2-7,10,13H,8-9,11-12H2,1H3,(H,24,25)/t13-/m1/s1. The molecule has 0 saturated carbocycles. The number of halogens is 2. The molecule has 1 heterocycles. The van der Waals surface area contributed by atoms with Gasteiger partial charge in [-0.25, -0.2) is 4.79 Å². The summed E-state index contributed by atoms with van der Waals surface area (Å²) in [6.45, 7) is 2.41. The van der Waals surface area contributed by atoms with Gasteiger partial charge in [0.2, 0.25) is 0 Å². The van der Waals surface area contributed by atoms with E-state index in [4.69, 9.17) is 23.2 Å². The summed E-state index contributed by atoms with van der Waals surface area (Å²) < 4.78 is 0.